The lowest BCUT2D eigenvalue weighted by atomic mass is 9.80. The maximum absolute atomic E-state index is 13.9. The molecule has 8 aromatic rings. The number of hydrogen-bond acceptors (Lipinski definition) is 17. The molecule has 5 heterocycles. The van der Waals surface area contributed by atoms with Crippen LogP contribution in [0.4, 0.5) is 11.8 Å². The molecule has 5 aromatic carbocycles. The molecule has 85 heavy (non-hydrogen) atoms. The van der Waals surface area contributed by atoms with Crippen LogP contribution < -0.4 is 47.2 Å². The molecule has 0 amide bonds. The fourth-order valence-corrected chi connectivity index (χ4v) is 16.6. The molecular formula is C64H77N9O11Si. The average Bonchev–Trinajstić information content (AvgIpc) is 3.70. The highest BCUT2D eigenvalue weighted by Crippen LogP contribution is 2.46. The van der Waals surface area contributed by atoms with Crippen LogP contribution in [0.5, 0.6) is 11.5 Å². The van der Waals surface area contributed by atoms with E-state index in [-0.39, 0.29) is 31.2 Å². The molecule has 0 bridgehead atoms. The van der Waals surface area contributed by atoms with Crippen molar-refractivity contribution in [2.75, 3.05) is 72.4 Å². The monoisotopic (exact) mass is 1180 g/mol. The van der Waals surface area contributed by atoms with Gasteiger partial charge in [-0.2, -0.15) is 9.97 Å². The molecule has 10 rings (SSSR count). The summed E-state index contributed by atoms with van der Waals surface area (Å²) < 4.78 is 56.8. The van der Waals surface area contributed by atoms with E-state index >= 15 is 0 Å². The van der Waals surface area contributed by atoms with Crippen LogP contribution in [-0.2, 0) is 38.5 Å². The van der Waals surface area contributed by atoms with Crippen molar-refractivity contribution in [2.24, 2.45) is 11.8 Å². The summed E-state index contributed by atoms with van der Waals surface area (Å²) in [5, 5.41) is 7.90. The molecule has 21 heteroatoms. The minimum Gasteiger partial charge on any atom is -0.497 e. The van der Waals surface area contributed by atoms with Gasteiger partial charge in [-0.05, 0) is 68.4 Å². The van der Waals surface area contributed by atoms with Crippen LogP contribution in [0.2, 0.25) is 5.04 Å². The molecule has 20 nitrogen and oxygen atoms in total. The summed E-state index contributed by atoms with van der Waals surface area (Å²) in [6.45, 7) is 11.5. The van der Waals surface area contributed by atoms with Gasteiger partial charge in [0.05, 0.1) is 39.9 Å². The number of H-pyrrole nitrogens is 1. The second-order valence-electron chi connectivity index (χ2n) is 22.7. The highest BCUT2D eigenvalue weighted by atomic mass is 28.4. The number of fused-ring (bicyclic) bond motifs is 1. The van der Waals surface area contributed by atoms with Crippen molar-refractivity contribution in [3.63, 3.8) is 0 Å². The topological polar surface area (TPSA) is 218 Å². The predicted molar refractivity (Wildman–Crippen MR) is 327 cm³/mol. The van der Waals surface area contributed by atoms with Gasteiger partial charge in [0.1, 0.15) is 47.3 Å². The number of hydroxylamine groups is 1. The molecule has 0 aliphatic carbocycles. The van der Waals surface area contributed by atoms with Crippen molar-refractivity contribution in [1.29, 1.82) is 0 Å². The smallest absolute Gasteiger partial charge is 0.351 e. The maximum Gasteiger partial charge on any atom is 0.351 e. The molecule has 0 saturated carbocycles. The van der Waals surface area contributed by atoms with Crippen LogP contribution in [-0.4, -0.2) is 130 Å². The Morgan fingerprint density at radius 3 is 1.78 bits per heavy atom. The van der Waals surface area contributed by atoms with Gasteiger partial charge in [-0.15, -0.1) is 0 Å². The van der Waals surface area contributed by atoms with Crippen LogP contribution in [0.15, 0.2) is 168 Å². The second kappa shape index (κ2) is 26.4. The average molecular weight is 1180 g/mol. The fourth-order valence-electron chi connectivity index (χ4n) is 11.9. The highest BCUT2D eigenvalue weighted by Gasteiger charge is 2.57. The lowest BCUT2D eigenvalue weighted by molar-refractivity contribution is -0.0984. The Labute approximate surface area is 496 Å². The summed E-state index contributed by atoms with van der Waals surface area (Å²) in [6, 6.07) is 48.1. The summed E-state index contributed by atoms with van der Waals surface area (Å²) in [7, 11) is 4.91. The SMILES string of the molecule is CNc1ccn([C@@H]2O[C@H](CONC[C@H]3[C@@H](OC)[C@H](n4cnc5c(=O)[nH]c(NCC(C)C)nc54)O[C@@H]3COC(c3ccccc3)(c3ccc(OC)cc3)c3ccc(OC)cc3)[C@@H](O[Si](c3ccccc3)(c3ccccc3)C(C)(C)C)[C@H]2OC)c(=O)n1. The van der Waals surface area contributed by atoms with E-state index in [2.05, 4.69) is 89.9 Å². The van der Waals surface area contributed by atoms with Gasteiger partial charge in [0.25, 0.3) is 13.9 Å². The number of ether oxygens (including phenoxy) is 7. The zero-order chi connectivity index (χ0) is 59.9. The minimum absolute atomic E-state index is 0.0178. The number of nitrogens with one attached hydrogen (secondary N) is 4. The van der Waals surface area contributed by atoms with E-state index in [0.29, 0.717) is 35.5 Å². The standard InChI is InChI=1S/C64H77N9O11Si/c1-41(2)36-66-61-70-57-53(58(74)71-61)67-40-73(57)59-54(78-9)49(50(82-59)38-80-64(42-20-14-11-15-21-42,43-26-30-45(76-7)31-27-43)44-28-32-46(77-8)33-29-44)37-68-81-39-51-55(56(79-10)60(83-51)72-35-34-52(65-6)69-62(72)75)84-85(63(3,4)5,47-22-16-12-17-23-47)48-24-18-13-19-25-48/h11-35,40-41,49-51,54-56,59-60,68H,36-39H2,1-10H3,(H,65,69,75)(H2,66,70,71,74)/t49-,50-,51-,54-,55-,56-,59-,60-/m1/s1. The fraction of sp³-hybridized carbons (Fsp3) is 0.391. The Balaban J connectivity index is 1.02. The minimum atomic E-state index is -3.29. The molecule has 4 N–H and O–H groups in total. The molecule has 2 fully saturated rings. The Morgan fingerprint density at radius 2 is 1.24 bits per heavy atom. The van der Waals surface area contributed by atoms with E-state index < -0.39 is 79.1 Å². The normalized spacial score (nSPS) is 20.9. The van der Waals surface area contributed by atoms with Crippen LogP contribution in [0.3, 0.4) is 0 Å². The van der Waals surface area contributed by atoms with Gasteiger partial charge in [-0.3, -0.25) is 23.8 Å². The van der Waals surface area contributed by atoms with Crippen molar-refractivity contribution in [1.82, 2.24) is 34.6 Å². The Kier molecular flexibility index (Phi) is 18.8. The molecule has 448 valence electrons. The number of methoxy groups -OCH3 is 4. The van der Waals surface area contributed by atoms with Crippen LogP contribution in [0.25, 0.3) is 11.2 Å². The van der Waals surface area contributed by atoms with E-state index in [1.165, 1.54) is 4.57 Å². The number of imidazole rings is 1. The van der Waals surface area contributed by atoms with Gasteiger partial charge in [0.2, 0.25) is 5.95 Å². The van der Waals surface area contributed by atoms with Gasteiger partial charge in [0, 0.05) is 46.5 Å². The molecule has 2 saturated heterocycles. The lowest BCUT2D eigenvalue weighted by Gasteiger charge is -2.45. The number of aromatic nitrogens is 6. The quantitative estimate of drug-likeness (QED) is 0.0189. The summed E-state index contributed by atoms with van der Waals surface area (Å²) in [6.07, 6.45) is -2.39. The second-order valence-corrected chi connectivity index (χ2v) is 26.9. The number of anilines is 2. The summed E-state index contributed by atoms with van der Waals surface area (Å²) in [5.74, 6) is 1.86. The number of rotatable bonds is 25. The van der Waals surface area contributed by atoms with Gasteiger partial charge in [0.15, 0.2) is 23.6 Å². The highest BCUT2D eigenvalue weighted by molar-refractivity contribution is 6.99. The van der Waals surface area contributed by atoms with Crippen molar-refractivity contribution in [3.8, 4) is 11.5 Å². The number of hydrogen-bond donors (Lipinski definition) is 4. The van der Waals surface area contributed by atoms with Crippen LogP contribution in [0, 0.1) is 11.8 Å². The summed E-state index contributed by atoms with van der Waals surface area (Å²) in [4.78, 5) is 50.6. The van der Waals surface area contributed by atoms with E-state index in [4.69, 9.17) is 47.4 Å². The maximum atomic E-state index is 13.9. The Hall–Kier alpha value is -7.57. The molecule has 0 radical (unpaired) electrons. The van der Waals surface area contributed by atoms with Crippen molar-refractivity contribution in [3.05, 3.63) is 196 Å². The van der Waals surface area contributed by atoms with E-state index in [1.54, 1.807) is 58.6 Å². The lowest BCUT2D eigenvalue weighted by Crippen LogP contribution is -2.69. The van der Waals surface area contributed by atoms with E-state index in [9.17, 15) is 9.59 Å². The number of benzene rings is 5. The van der Waals surface area contributed by atoms with E-state index in [1.807, 2.05) is 115 Å². The predicted octanol–water partition coefficient (Wildman–Crippen LogP) is 7.42. The van der Waals surface area contributed by atoms with Crippen molar-refractivity contribution in [2.45, 2.75) is 88.2 Å². The van der Waals surface area contributed by atoms with E-state index in [0.717, 1.165) is 27.1 Å². The van der Waals surface area contributed by atoms with Gasteiger partial charge in [-0.1, -0.05) is 150 Å². The third kappa shape index (κ3) is 12.2. The third-order valence-electron chi connectivity index (χ3n) is 16.1. The number of aromatic amines is 1. The summed E-state index contributed by atoms with van der Waals surface area (Å²) >= 11 is 0. The molecule has 0 spiro atoms. The first-order valence-corrected chi connectivity index (χ1v) is 30.5. The van der Waals surface area contributed by atoms with Gasteiger partial charge >= 0.3 is 5.69 Å². The number of nitrogens with zero attached hydrogens (tertiary/aromatic N) is 5. The first kappa shape index (κ1) is 60.5. The molecule has 0 unspecified atom stereocenters. The molecule has 2 aliphatic rings. The zero-order valence-electron chi connectivity index (χ0n) is 49.8. The third-order valence-corrected chi connectivity index (χ3v) is 21.1. The Morgan fingerprint density at radius 1 is 0.671 bits per heavy atom. The molecule has 2 aliphatic heterocycles. The summed E-state index contributed by atoms with van der Waals surface area (Å²) in [5.41, 5.74) is 4.15. The van der Waals surface area contributed by atoms with Gasteiger partial charge in [-0.25, -0.2) is 15.3 Å². The van der Waals surface area contributed by atoms with Crippen LogP contribution >= 0.6 is 0 Å². The van der Waals surface area contributed by atoms with Crippen molar-refractivity contribution >= 4 is 41.6 Å². The van der Waals surface area contributed by atoms with Crippen LogP contribution in [0.1, 0.15) is 63.8 Å². The molecule has 3 aromatic heterocycles. The first-order chi connectivity index (χ1) is 41.2. The molecular weight excluding hydrogens is 1100 g/mol. The Bertz CT molecular complexity index is 3480. The first-order valence-electron chi connectivity index (χ1n) is 28.6. The van der Waals surface area contributed by atoms with Crippen molar-refractivity contribution < 1.29 is 42.4 Å². The molecule has 8 atom stereocenters. The van der Waals surface area contributed by atoms with Gasteiger partial charge < -0.3 is 48.2 Å². The largest absolute Gasteiger partial charge is 0.497 e. The zero-order valence-corrected chi connectivity index (χ0v) is 50.8.